The molecule has 25 heavy (non-hydrogen) atoms. The molecule has 1 heterocycles. The molecular formula is C19H24FN3O2. The number of nitrogens with two attached hydrogens (primary N) is 2. The number of halogens is 1. The average Bonchev–Trinajstić information content (AvgIpc) is 2.55. The summed E-state index contributed by atoms with van der Waals surface area (Å²) in [5.41, 5.74) is 13.3. The summed E-state index contributed by atoms with van der Waals surface area (Å²) in [7, 11) is 0. The summed E-state index contributed by atoms with van der Waals surface area (Å²) < 4.78 is 19.7. The molecule has 0 aliphatic carbocycles. The largest absolute Gasteiger partial charge is 0.485 e. The number of benzene rings is 2. The Kier molecular flexibility index (Phi) is 4.58. The van der Waals surface area contributed by atoms with E-state index < -0.39 is 11.7 Å². The zero-order chi connectivity index (χ0) is 18.2. The van der Waals surface area contributed by atoms with Gasteiger partial charge in [0.05, 0.1) is 17.4 Å². The van der Waals surface area contributed by atoms with Crippen LogP contribution in [0.1, 0.15) is 31.0 Å². The zero-order valence-corrected chi connectivity index (χ0v) is 14.4. The topological polar surface area (TPSA) is 93.5 Å². The molecule has 2 atom stereocenters. The summed E-state index contributed by atoms with van der Waals surface area (Å²) in [5.74, 6) is 0.375. The van der Waals surface area contributed by atoms with E-state index in [4.69, 9.17) is 16.2 Å². The number of ether oxygens (including phenoxy) is 1. The van der Waals surface area contributed by atoms with Gasteiger partial charge in [0.25, 0.3) is 0 Å². The second kappa shape index (κ2) is 6.54. The van der Waals surface area contributed by atoms with Crippen LogP contribution in [0.2, 0.25) is 0 Å². The highest BCUT2D eigenvalue weighted by molar-refractivity contribution is 5.68. The van der Waals surface area contributed by atoms with Crippen molar-refractivity contribution in [1.29, 1.82) is 0 Å². The lowest BCUT2D eigenvalue weighted by molar-refractivity contribution is -0.0643. The number of aliphatic hydroxyl groups is 1. The summed E-state index contributed by atoms with van der Waals surface area (Å²) in [6.07, 6.45) is -0.277. The predicted molar refractivity (Wildman–Crippen MR) is 96.8 cm³/mol. The van der Waals surface area contributed by atoms with Crippen molar-refractivity contribution < 1.29 is 14.2 Å². The van der Waals surface area contributed by atoms with Crippen LogP contribution >= 0.6 is 0 Å². The van der Waals surface area contributed by atoms with E-state index in [2.05, 4.69) is 5.32 Å². The van der Waals surface area contributed by atoms with Gasteiger partial charge in [0.1, 0.15) is 23.3 Å². The van der Waals surface area contributed by atoms with Crippen LogP contribution in [0.5, 0.6) is 5.75 Å². The van der Waals surface area contributed by atoms with Crippen molar-refractivity contribution in [1.82, 2.24) is 5.32 Å². The molecule has 3 rings (SSSR count). The molecule has 0 bridgehead atoms. The van der Waals surface area contributed by atoms with Crippen LogP contribution < -0.4 is 21.5 Å². The van der Waals surface area contributed by atoms with E-state index in [9.17, 15) is 9.50 Å². The van der Waals surface area contributed by atoms with Crippen LogP contribution in [-0.2, 0) is 6.42 Å². The zero-order valence-electron chi connectivity index (χ0n) is 14.4. The molecular weight excluding hydrogens is 321 g/mol. The molecule has 0 fully saturated rings. The molecule has 1 aliphatic heterocycles. The van der Waals surface area contributed by atoms with Gasteiger partial charge in [0.15, 0.2) is 0 Å². The molecule has 0 saturated heterocycles. The number of rotatable bonds is 4. The molecule has 0 aromatic heterocycles. The summed E-state index contributed by atoms with van der Waals surface area (Å²) in [4.78, 5) is 0. The first kappa shape index (κ1) is 17.5. The molecule has 0 amide bonds. The highest BCUT2D eigenvalue weighted by Crippen LogP contribution is 2.42. The van der Waals surface area contributed by atoms with Crippen LogP contribution in [0, 0.1) is 5.82 Å². The van der Waals surface area contributed by atoms with Gasteiger partial charge in [-0.3, -0.25) is 0 Å². The van der Waals surface area contributed by atoms with E-state index in [1.807, 2.05) is 19.9 Å². The summed E-state index contributed by atoms with van der Waals surface area (Å²) in [6.45, 7) is 4.14. The molecule has 1 aliphatic rings. The molecule has 2 aromatic carbocycles. The lowest BCUT2D eigenvalue weighted by atomic mass is 9.86. The first-order valence-corrected chi connectivity index (χ1v) is 8.32. The summed E-state index contributed by atoms with van der Waals surface area (Å²) in [5, 5.41) is 14.0. The van der Waals surface area contributed by atoms with Crippen LogP contribution in [0.25, 0.3) is 0 Å². The van der Waals surface area contributed by atoms with E-state index in [1.54, 1.807) is 24.3 Å². The molecule has 6 heteroatoms. The van der Waals surface area contributed by atoms with E-state index in [-0.39, 0.29) is 11.9 Å². The number of anilines is 2. The van der Waals surface area contributed by atoms with E-state index in [1.165, 1.54) is 6.07 Å². The number of hydrogen-bond acceptors (Lipinski definition) is 5. The molecule has 0 radical (unpaired) electrons. The van der Waals surface area contributed by atoms with Gasteiger partial charge in [-0.05, 0) is 44.5 Å². The minimum Gasteiger partial charge on any atom is -0.485 e. The summed E-state index contributed by atoms with van der Waals surface area (Å²) in [6, 6.07) is 9.71. The Balaban J connectivity index is 1.82. The van der Waals surface area contributed by atoms with Crippen LogP contribution in [0.3, 0.4) is 0 Å². The molecule has 0 spiro atoms. The third-order valence-electron chi connectivity index (χ3n) is 4.67. The Morgan fingerprint density at radius 2 is 1.88 bits per heavy atom. The molecule has 0 saturated carbocycles. The molecule has 2 unspecified atom stereocenters. The lowest BCUT2D eigenvalue weighted by Crippen LogP contribution is -2.52. The van der Waals surface area contributed by atoms with Gasteiger partial charge in [-0.25, -0.2) is 4.39 Å². The third-order valence-corrected chi connectivity index (χ3v) is 4.67. The number of hydrogen-bond donors (Lipinski definition) is 4. The van der Waals surface area contributed by atoms with Crippen molar-refractivity contribution in [3.8, 4) is 5.75 Å². The number of fused-ring (bicyclic) bond motifs is 1. The van der Waals surface area contributed by atoms with Gasteiger partial charge < -0.3 is 26.6 Å². The normalized spacial score (nSPS) is 21.4. The van der Waals surface area contributed by atoms with Crippen molar-refractivity contribution in [3.05, 3.63) is 53.3 Å². The fourth-order valence-electron chi connectivity index (χ4n) is 3.16. The monoisotopic (exact) mass is 345 g/mol. The smallest absolute Gasteiger partial charge is 0.131 e. The Morgan fingerprint density at radius 3 is 2.60 bits per heavy atom. The van der Waals surface area contributed by atoms with Crippen molar-refractivity contribution in [3.63, 3.8) is 0 Å². The van der Waals surface area contributed by atoms with Crippen LogP contribution in [0.15, 0.2) is 36.4 Å². The first-order chi connectivity index (χ1) is 11.8. The van der Waals surface area contributed by atoms with Crippen molar-refractivity contribution in [2.75, 3.05) is 18.0 Å². The third kappa shape index (κ3) is 3.41. The molecule has 5 nitrogen and oxygen atoms in total. The second-order valence-electron chi connectivity index (χ2n) is 6.94. The molecule has 2 aromatic rings. The SMILES string of the molecule is CC1(C)Oc2cc(N)c(N)cc2C(NCCc2ccccc2F)C1O. The van der Waals surface area contributed by atoms with Gasteiger partial charge >= 0.3 is 0 Å². The number of nitrogen functional groups attached to an aromatic ring is 2. The maximum Gasteiger partial charge on any atom is 0.131 e. The highest BCUT2D eigenvalue weighted by atomic mass is 19.1. The van der Waals surface area contributed by atoms with Crippen molar-refractivity contribution in [2.45, 2.75) is 38.0 Å². The number of nitrogens with one attached hydrogen (secondary N) is 1. The molecule has 134 valence electrons. The Morgan fingerprint density at radius 1 is 1.20 bits per heavy atom. The van der Waals surface area contributed by atoms with Gasteiger partial charge in [0, 0.05) is 11.6 Å². The van der Waals surface area contributed by atoms with E-state index >= 15 is 0 Å². The van der Waals surface area contributed by atoms with Crippen LogP contribution in [0.4, 0.5) is 15.8 Å². The standard InChI is InChI=1S/C19H24FN3O2/c1-19(2)18(24)17(12-9-14(21)15(22)10-16(12)25-19)23-8-7-11-5-3-4-6-13(11)20/h3-6,9-10,17-18,23-24H,7-8,21-22H2,1-2H3. The van der Waals surface area contributed by atoms with Crippen molar-refractivity contribution >= 4 is 11.4 Å². The van der Waals surface area contributed by atoms with Gasteiger partial charge in [-0.15, -0.1) is 0 Å². The fraction of sp³-hybridized carbons (Fsp3) is 0.368. The minimum atomic E-state index is -0.788. The first-order valence-electron chi connectivity index (χ1n) is 8.32. The molecule has 6 N–H and O–H groups in total. The van der Waals surface area contributed by atoms with Gasteiger partial charge in [-0.1, -0.05) is 18.2 Å². The van der Waals surface area contributed by atoms with Gasteiger partial charge in [-0.2, -0.15) is 0 Å². The maximum absolute atomic E-state index is 13.8. The fourth-order valence-corrected chi connectivity index (χ4v) is 3.16. The Hall–Kier alpha value is -2.31. The summed E-state index contributed by atoms with van der Waals surface area (Å²) >= 11 is 0. The van der Waals surface area contributed by atoms with E-state index in [0.717, 1.165) is 5.56 Å². The average molecular weight is 345 g/mol. The minimum absolute atomic E-state index is 0.227. The predicted octanol–water partition coefficient (Wildman–Crippen LogP) is 2.40. The second-order valence-corrected chi connectivity index (χ2v) is 6.94. The van der Waals surface area contributed by atoms with Crippen molar-refractivity contribution in [2.24, 2.45) is 0 Å². The highest BCUT2D eigenvalue weighted by Gasteiger charge is 2.42. The quantitative estimate of drug-likeness (QED) is 0.639. The Bertz CT molecular complexity index is 779. The number of aliphatic hydroxyl groups excluding tert-OH is 1. The maximum atomic E-state index is 13.8. The lowest BCUT2D eigenvalue weighted by Gasteiger charge is -2.42. The van der Waals surface area contributed by atoms with Crippen LogP contribution in [-0.4, -0.2) is 23.4 Å². The van der Waals surface area contributed by atoms with Gasteiger partial charge in [0.2, 0.25) is 0 Å². The Labute approximate surface area is 146 Å². The van der Waals surface area contributed by atoms with E-state index in [0.29, 0.717) is 35.7 Å².